The standard InChI is InChI=1S/C21H13F2N3O4S/c1-9-6-7-10(16(23)15(9)22)11-8-31-20(14(11)21(29)30)26-19(28)17-18(27)25-13-5-3-2-4-12(13)24-17/h2-8H,1H3,(H,25,27)(H,26,28)(H,29,30). The molecule has 2 aromatic heterocycles. The van der Waals surface area contributed by atoms with E-state index in [1.807, 2.05) is 0 Å². The minimum absolute atomic E-state index is 0.0727. The average Bonchev–Trinajstić information content (AvgIpc) is 3.15. The first-order valence-corrected chi connectivity index (χ1v) is 9.76. The van der Waals surface area contributed by atoms with Crippen LogP contribution in [0.2, 0.25) is 0 Å². The van der Waals surface area contributed by atoms with Crippen molar-refractivity contribution in [2.75, 3.05) is 5.32 Å². The van der Waals surface area contributed by atoms with Crippen molar-refractivity contribution < 1.29 is 23.5 Å². The second-order valence-corrected chi connectivity index (χ2v) is 7.48. The number of rotatable bonds is 4. The Morgan fingerprint density at radius 2 is 1.84 bits per heavy atom. The van der Waals surface area contributed by atoms with E-state index in [2.05, 4.69) is 15.3 Å². The first-order chi connectivity index (χ1) is 14.8. The number of anilines is 1. The van der Waals surface area contributed by atoms with Crippen molar-refractivity contribution in [2.24, 2.45) is 0 Å². The number of hydrogen-bond donors (Lipinski definition) is 3. The van der Waals surface area contributed by atoms with Crippen molar-refractivity contribution in [3.63, 3.8) is 0 Å². The number of aryl methyl sites for hydroxylation is 1. The SMILES string of the molecule is Cc1ccc(-c2csc(NC(=O)c3nc4ccccc4[nH]c3=O)c2C(=O)O)c(F)c1F. The smallest absolute Gasteiger partial charge is 0.339 e. The van der Waals surface area contributed by atoms with Crippen LogP contribution in [0, 0.1) is 18.6 Å². The number of carboxylic acids is 1. The Morgan fingerprint density at radius 1 is 1.10 bits per heavy atom. The zero-order valence-corrected chi connectivity index (χ0v) is 16.6. The summed E-state index contributed by atoms with van der Waals surface area (Å²) >= 11 is 0.809. The van der Waals surface area contributed by atoms with Gasteiger partial charge in [-0.3, -0.25) is 9.59 Å². The van der Waals surface area contributed by atoms with Crippen molar-refractivity contribution >= 4 is 39.2 Å². The summed E-state index contributed by atoms with van der Waals surface area (Å²) < 4.78 is 28.4. The van der Waals surface area contributed by atoms with Crippen LogP contribution in [0.5, 0.6) is 0 Å². The van der Waals surface area contributed by atoms with Gasteiger partial charge in [0, 0.05) is 16.5 Å². The van der Waals surface area contributed by atoms with Crippen LogP contribution in [0.15, 0.2) is 46.6 Å². The third-order valence-corrected chi connectivity index (χ3v) is 5.51. The highest BCUT2D eigenvalue weighted by Crippen LogP contribution is 2.37. The van der Waals surface area contributed by atoms with Gasteiger partial charge in [-0.15, -0.1) is 11.3 Å². The zero-order chi connectivity index (χ0) is 22.3. The van der Waals surface area contributed by atoms with E-state index < -0.39 is 40.3 Å². The molecule has 0 aliphatic heterocycles. The summed E-state index contributed by atoms with van der Waals surface area (Å²) in [5.74, 6) is -4.66. The second-order valence-electron chi connectivity index (χ2n) is 6.60. The lowest BCUT2D eigenvalue weighted by molar-refractivity contribution is 0.0699. The van der Waals surface area contributed by atoms with Crippen LogP contribution < -0.4 is 10.9 Å². The highest BCUT2D eigenvalue weighted by molar-refractivity contribution is 7.15. The van der Waals surface area contributed by atoms with Gasteiger partial charge in [0.2, 0.25) is 0 Å². The lowest BCUT2D eigenvalue weighted by Crippen LogP contribution is -2.25. The Morgan fingerprint density at radius 3 is 2.58 bits per heavy atom. The molecular weight excluding hydrogens is 428 g/mol. The minimum atomic E-state index is -1.45. The van der Waals surface area contributed by atoms with Gasteiger partial charge in [-0.1, -0.05) is 24.3 Å². The first kappa shape index (κ1) is 20.4. The largest absolute Gasteiger partial charge is 0.478 e. The fourth-order valence-electron chi connectivity index (χ4n) is 3.06. The monoisotopic (exact) mass is 441 g/mol. The number of carbonyl (C=O) groups is 2. The van der Waals surface area contributed by atoms with E-state index in [1.54, 1.807) is 24.3 Å². The summed E-state index contributed by atoms with van der Waals surface area (Å²) in [5, 5.41) is 13.2. The van der Waals surface area contributed by atoms with Gasteiger partial charge in [0.1, 0.15) is 10.6 Å². The second kappa shape index (κ2) is 7.73. The van der Waals surface area contributed by atoms with Crippen LogP contribution in [0.3, 0.4) is 0 Å². The fraction of sp³-hybridized carbons (Fsp3) is 0.0476. The molecule has 0 saturated heterocycles. The Kier molecular flexibility index (Phi) is 5.07. The van der Waals surface area contributed by atoms with E-state index in [9.17, 15) is 28.3 Å². The molecule has 2 aromatic carbocycles. The zero-order valence-electron chi connectivity index (χ0n) is 15.8. The van der Waals surface area contributed by atoms with Gasteiger partial charge in [0.25, 0.3) is 11.5 Å². The number of halogens is 2. The van der Waals surface area contributed by atoms with Gasteiger partial charge >= 0.3 is 5.97 Å². The number of fused-ring (bicyclic) bond motifs is 1. The molecule has 1 amide bonds. The van der Waals surface area contributed by atoms with E-state index in [1.165, 1.54) is 24.4 Å². The van der Waals surface area contributed by atoms with Crippen LogP contribution in [0.1, 0.15) is 26.4 Å². The van der Waals surface area contributed by atoms with Crippen LogP contribution >= 0.6 is 11.3 Å². The molecule has 4 rings (SSSR count). The number of aromatic amines is 1. The summed E-state index contributed by atoms with van der Waals surface area (Å²) in [6.07, 6.45) is 0. The average molecular weight is 441 g/mol. The number of aromatic carboxylic acids is 1. The molecule has 0 aliphatic carbocycles. The van der Waals surface area contributed by atoms with Gasteiger partial charge in [-0.25, -0.2) is 18.6 Å². The number of thiophene rings is 1. The Labute approximate surface area is 177 Å². The molecule has 0 unspecified atom stereocenters. The molecule has 31 heavy (non-hydrogen) atoms. The van der Waals surface area contributed by atoms with E-state index in [0.29, 0.717) is 11.0 Å². The van der Waals surface area contributed by atoms with Crippen LogP contribution in [-0.2, 0) is 0 Å². The Hall–Kier alpha value is -3.92. The fourth-order valence-corrected chi connectivity index (χ4v) is 4.01. The molecular formula is C21H13F2N3O4S. The van der Waals surface area contributed by atoms with E-state index in [0.717, 1.165) is 11.3 Å². The number of hydrogen-bond acceptors (Lipinski definition) is 5. The van der Waals surface area contributed by atoms with Crippen molar-refractivity contribution in [3.05, 3.63) is 80.6 Å². The van der Waals surface area contributed by atoms with Gasteiger partial charge in [-0.05, 0) is 24.6 Å². The predicted molar refractivity (Wildman–Crippen MR) is 112 cm³/mol. The van der Waals surface area contributed by atoms with E-state index in [-0.39, 0.29) is 21.7 Å². The summed E-state index contributed by atoms with van der Waals surface area (Å²) in [4.78, 5) is 43.3. The number of aromatic nitrogens is 2. The Bertz CT molecular complexity index is 1430. The first-order valence-electron chi connectivity index (χ1n) is 8.88. The number of amides is 1. The lowest BCUT2D eigenvalue weighted by Gasteiger charge is -2.08. The maximum Gasteiger partial charge on any atom is 0.339 e. The number of para-hydroxylation sites is 2. The summed E-state index contributed by atoms with van der Waals surface area (Å²) in [5.41, 5.74) is -1.10. The molecule has 2 heterocycles. The third kappa shape index (κ3) is 3.57. The van der Waals surface area contributed by atoms with Crippen molar-refractivity contribution in [2.45, 2.75) is 6.92 Å². The number of nitrogens with zero attached hydrogens (tertiary/aromatic N) is 1. The number of H-pyrrole nitrogens is 1. The van der Waals surface area contributed by atoms with Crippen molar-refractivity contribution in [1.82, 2.24) is 9.97 Å². The predicted octanol–water partition coefficient (Wildman–Crippen LogP) is 4.19. The van der Waals surface area contributed by atoms with Crippen molar-refractivity contribution in [1.29, 1.82) is 0 Å². The molecule has 4 aromatic rings. The highest BCUT2D eigenvalue weighted by atomic mass is 32.1. The molecule has 0 saturated carbocycles. The van der Waals surface area contributed by atoms with E-state index in [4.69, 9.17) is 0 Å². The number of carbonyl (C=O) groups excluding carboxylic acids is 1. The molecule has 0 bridgehead atoms. The molecule has 10 heteroatoms. The molecule has 0 fully saturated rings. The molecule has 0 aliphatic rings. The third-order valence-electron chi connectivity index (χ3n) is 4.61. The van der Waals surface area contributed by atoms with Crippen LogP contribution in [-0.4, -0.2) is 27.0 Å². The van der Waals surface area contributed by atoms with E-state index >= 15 is 0 Å². The molecule has 156 valence electrons. The maximum atomic E-state index is 14.4. The molecule has 3 N–H and O–H groups in total. The quantitative estimate of drug-likeness (QED) is 0.440. The van der Waals surface area contributed by atoms with Gasteiger partial charge in [-0.2, -0.15) is 0 Å². The van der Waals surface area contributed by atoms with Gasteiger partial charge < -0.3 is 15.4 Å². The van der Waals surface area contributed by atoms with Crippen molar-refractivity contribution in [3.8, 4) is 11.1 Å². The maximum absolute atomic E-state index is 14.4. The number of benzene rings is 2. The summed E-state index contributed by atoms with van der Waals surface area (Å²) in [6.45, 7) is 1.38. The number of carboxylic acid groups (broad SMARTS) is 1. The molecule has 0 atom stereocenters. The molecule has 0 radical (unpaired) electrons. The topological polar surface area (TPSA) is 112 Å². The Balaban J connectivity index is 1.76. The molecule has 7 nitrogen and oxygen atoms in total. The van der Waals surface area contributed by atoms with Crippen LogP contribution in [0.25, 0.3) is 22.2 Å². The number of nitrogens with one attached hydrogen (secondary N) is 2. The van der Waals surface area contributed by atoms with Gasteiger partial charge in [0.05, 0.1) is 11.0 Å². The normalized spacial score (nSPS) is 10.9. The summed E-state index contributed by atoms with van der Waals surface area (Å²) in [6, 6.07) is 9.19. The summed E-state index contributed by atoms with van der Waals surface area (Å²) in [7, 11) is 0. The minimum Gasteiger partial charge on any atom is -0.478 e. The lowest BCUT2D eigenvalue weighted by atomic mass is 10.0. The highest BCUT2D eigenvalue weighted by Gasteiger charge is 2.25. The van der Waals surface area contributed by atoms with Crippen LogP contribution in [0.4, 0.5) is 13.8 Å². The van der Waals surface area contributed by atoms with Gasteiger partial charge in [0.15, 0.2) is 17.3 Å². The molecule has 0 spiro atoms.